The van der Waals surface area contributed by atoms with Crippen LogP contribution in [-0.4, -0.2) is 0 Å². The SMILES string of the molecule is Nc1cccc(COc2cccc(F)c2F)c1Br. The number of nitrogens with two attached hydrogens (primary N) is 1. The van der Waals surface area contributed by atoms with Gasteiger partial charge in [-0.3, -0.25) is 0 Å². The maximum atomic E-state index is 13.3. The Morgan fingerprint density at radius 3 is 2.61 bits per heavy atom. The Hall–Kier alpha value is -1.62. The van der Waals surface area contributed by atoms with Crippen LogP contribution in [0.5, 0.6) is 5.75 Å². The summed E-state index contributed by atoms with van der Waals surface area (Å²) in [6.45, 7) is 0.103. The average Bonchev–Trinajstić information content (AvgIpc) is 2.36. The van der Waals surface area contributed by atoms with Crippen LogP contribution in [0, 0.1) is 11.6 Å². The Morgan fingerprint density at radius 1 is 1.11 bits per heavy atom. The lowest BCUT2D eigenvalue weighted by atomic mass is 10.2. The number of anilines is 1. The van der Waals surface area contributed by atoms with Crippen molar-refractivity contribution in [2.24, 2.45) is 0 Å². The second kappa shape index (κ2) is 5.35. The molecule has 5 heteroatoms. The van der Waals surface area contributed by atoms with Gasteiger partial charge in [-0.15, -0.1) is 0 Å². The molecule has 0 amide bonds. The standard InChI is InChI=1S/C13H10BrF2NO/c14-12-8(3-1-5-10(12)17)7-18-11-6-2-4-9(15)13(11)16/h1-6H,7,17H2. The number of halogens is 3. The number of ether oxygens (including phenoxy) is 1. The van der Waals surface area contributed by atoms with Crippen molar-refractivity contribution in [2.45, 2.75) is 6.61 Å². The van der Waals surface area contributed by atoms with E-state index < -0.39 is 11.6 Å². The normalized spacial score (nSPS) is 10.4. The zero-order valence-electron chi connectivity index (χ0n) is 9.29. The molecular formula is C13H10BrF2NO. The first-order valence-electron chi connectivity index (χ1n) is 5.19. The molecule has 2 N–H and O–H groups in total. The molecule has 0 aromatic heterocycles. The van der Waals surface area contributed by atoms with Crippen LogP contribution >= 0.6 is 15.9 Å². The van der Waals surface area contributed by atoms with Gasteiger partial charge in [0.25, 0.3) is 0 Å². The molecule has 18 heavy (non-hydrogen) atoms. The van der Waals surface area contributed by atoms with Crippen molar-refractivity contribution in [3.05, 3.63) is 58.1 Å². The van der Waals surface area contributed by atoms with Gasteiger partial charge >= 0.3 is 0 Å². The predicted octanol–water partition coefficient (Wildman–Crippen LogP) is 3.89. The van der Waals surface area contributed by atoms with Gasteiger partial charge < -0.3 is 10.5 Å². The number of benzene rings is 2. The largest absolute Gasteiger partial charge is 0.486 e. The highest BCUT2D eigenvalue weighted by atomic mass is 79.9. The van der Waals surface area contributed by atoms with Crippen molar-refractivity contribution in [3.63, 3.8) is 0 Å². The van der Waals surface area contributed by atoms with E-state index in [0.717, 1.165) is 11.6 Å². The molecule has 2 aromatic rings. The van der Waals surface area contributed by atoms with Crippen molar-refractivity contribution < 1.29 is 13.5 Å². The Bertz CT molecular complexity index is 523. The fourth-order valence-electron chi connectivity index (χ4n) is 1.46. The molecule has 94 valence electrons. The van der Waals surface area contributed by atoms with Crippen LogP contribution in [0.15, 0.2) is 40.9 Å². The molecule has 0 spiro atoms. The smallest absolute Gasteiger partial charge is 0.200 e. The Labute approximate surface area is 112 Å². The van der Waals surface area contributed by atoms with E-state index in [1.807, 2.05) is 0 Å². The molecule has 0 unspecified atom stereocenters. The number of rotatable bonds is 3. The lowest BCUT2D eigenvalue weighted by Crippen LogP contribution is -2.01. The van der Waals surface area contributed by atoms with Gasteiger partial charge in [0.1, 0.15) is 6.61 Å². The van der Waals surface area contributed by atoms with E-state index in [9.17, 15) is 8.78 Å². The van der Waals surface area contributed by atoms with Gasteiger partial charge in [-0.1, -0.05) is 18.2 Å². The van der Waals surface area contributed by atoms with Gasteiger partial charge in [0, 0.05) is 15.7 Å². The quantitative estimate of drug-likeness (QED) is 0.873. The van der Waals surface area contributed by atoms with E-state index in [0.29, 0.717) is 10.2 Å². The van der Waals surface area contributed by atoms with Gasteiger partial charge in [-0.05, 0) is 34.1 Å². The van der Waals surface area contributed by atoms with E-state index in [1.54, 1.807) is 18.2 Å². The third-order valence-corrected chi connectivity index (χ3v) is 3.38. The minimum absolute atomic E-state index is 0.103. The highest BCUT2D eigenvalue weighted by molar-refractivity contribution is 9.10. The molecular weight excluding hydrogens is 304 g/mol. The van der Waals surface area contributed by atoms with Gasteiger partial charge in [0.15, 0.2) is 11.6 Å². The molecule has 2 aromatic carbocycles. The Balaban J connectivity index is 2.17. The second-order valence-electron chi connectivity index (χ2n) is 3.66. The van der Waals surface area contributed by atoms with Gasteiger partial charge in [-0.2, -0.15) is 4.39 Å². The van der Waals surface area contributed by atoms with Crippen LogP contribution < -0.4 is 10.5 Å². The zero-order valence-corrected chi connectivity index (χ0v) is 10.9. The summed E-state index contributed by atoms with van der Waals surface area (Å²) in [5.41, 5.74) is 7.04. The third-order valence-electron chi connectivity index (χ3n) is 2.41. The lowest BCUT2D eigenvalue weighted by Gasteiger charge is -2.10. The summed E-state index contributed by atoms with van der Waals surface area (Å²) in [5, 5.41) is 0. The number of hydrogen-bond donors (Lipinski definition) is 1. The highest BCUT2D eigenvalue weighted by Crippen LogP contribution is 2.26. The summed E-state index contributed by atoms with van der Waals surface area (Å²) in [6.07, 6.45) is 0. The van der Waals surface area contributed by atoms with E-state index >= 15 is 0 Å². The first-order chi connectivity index (χ1) is 8.59. The van der Waals surface area contributed by atoms with Crippen molar-refractivity contribution in [1.29, 1.82) is 0 Å². The van der Waals surface area contributed by atoms with Crippen LogP contribution in [0.2, 0.25) is 0 Å². The molecule has 0 radical (unpaired) electrons. The van der Waals surface area contributed by atoms with Gasteiger partial charge in [0.2, 0.25) is 5.82 Å². The molecule has 0 bridgehead atoms. The maximum absolute atomic E-state index is 13.3. The fraction of sp³-hybridized carbons (Fsp3) is 0.0769. The lowest BCUT2D eigenvalue weighted by molar-refractivity contribution is 0.284. The molecule has 0 aliphatic carbocycles. The highest BCUT2D eigenvalue weighted by Gasteiger charge is 2.10. The summed E-state index contributed by atoms with van der Waals surface area (Å²) in [5.74, 6) is -2.04. The van der Waals surface area contributed by atoms with E-state index in [1.165, 1.54) is 12.1 Å². The van der Waals surface area contributed by atoms with E-state index in [2.05, 4.69) is 15.9 Å². The molecule has 2 rings (SSSR count). The summed E-state index contributed by atoms with van der Waals surface area (Å²) < 4.78 is 32.2. The second-order valence-corrected chi connectivity index (χ2v) is 4.45. The molecule has 0 aliphatic rings. The van der Waals surface area contributed by atoms with Crippen LogP contribution in [0.4, 0.5) is 14.5 Å². The average molecular weight is 314 g/mol. The van der Waals surface area contributed by atoms with Crippen molar-refractivity contribution >= 4 is 21.6 Å². The molecule has 0 aliphatic heterocycles. The summed E-state index contributed by atoms with van der Waals surface area (Å²) in [6, 6.07) is 9.09. The third kappa shape index (κ3) is 2.61. The first kappa shape index (κ1) is 12.8. The monoisotopic (exact) mass is 313 g/mol. The minimum atomic E-state index is -0.988. The number of hydrogen-bond acceptors (Lipinski definition) is 2. The van der Waals surface area contributed by atoms with E-state index in [-0.39, 0.29) is 12.4 Å². The Morgan fingerprint density at radius 2 is 1.83 bits per heavy atom. The molecule has 0 heterocycles. The molecule has 0 atom stereocenters. The molecule has 0 saturated carbocycles. The number of nitrogen functional groups attached to an aromatic ring is 1. The van der Waals surface area contributed by atoms with Gasteiger partial charge in [0.05, 0.1) is 0 Å². The topological polar surface area (TPSA) is 35.2 Å². The van der Waals surface area contributed by atoms with Gasteiger partial charge in [-0.25, -0.2) is 4.39 Å². The van der Waals surface area contributed by atoms with Crippen LogP contribution in [0.3, 0.4) is 0 Å². The zero-order chi connectivity index (χ0) is 13.1. The van der Waals surface area contributed by atoms with Crippen LogP contribution in [-0.2, 0) is 6.61 Å². The molecule has 2 nitrogen and oxygen atoms in total. The van der Waals surface area contributed by atoms with Crippen LogP contribution in [0.1, 0.15) is 5.56 Å². The predicted molar refractivity (Wildman–Crippen MR) is 69.2 cm³/mol. The summed E-state index contributed by atoms with van der Waals surface area (Å²) >= 11 is 3.31. The molecule has 0 fully saturated rings. The first-order valence-corrected chi connectivity index (χ1v) is 5.98. The van der Waals surface area contributed by atoms with Crippen LogP contribution in [0.25, 0.3) is 0 Å². The summed E-state index contributed by atoms with van der Waals surface area (Å²) in [7, 11) is 0. The fourth-order valence-corrected chi connectivity index (χ4v) is 1.84. The minimum Gasteiger partial charge on any atom is -0.486 e. The summed E-state index contributed by atoms with van der Waals surface area (Å²) in [4.78, 5) is 0. The van der Waals surface area contributed by atoms with E-state index in [4.69, 9.17) is 10.5 Å². The van der Waals surface area contributed by atoms with Crippen molar-refractivity contribution in [2.75, 3.05) is 5.73 Å². The van der Waals surface area contributed by atoms with Crippen molar-refractivity contribution in [1.82, 2.24) is 0 Å². The maximum Gasteiger partial charge on any atom is 0.200 e. The molecule has 0 saturated heterocycles. The van der Waals surface area contributed by atoms with Crippen molar-refractivity contribution in [3.8, 4) is 5.75 Å². The Kier molecular flexibility index (Phi) is 3.81.